The quantitative estimate of drug-likeness (QED) is 0.0165. The smallest absolute Gasteiger partial charge is 0.463 e. The molecule has 0 aliphatic heterocycles. The lowest BCUT2D eigenvalue weighted by atomic mass is 10.0. The summed E-state index contributed by atoms with van der Waals surface area (Å²) in [5.74, 6) is -1.03. The van der Waals surface area contributed by atoms with E-state index in [-0.39, 0.29) is 12.8 Å². The van der Waals surface area contributed by atoms with Crippen LogP contribution in [0.4, 0.5) is 0 Å². The Bertz CT molecular complexity index is 1610. The molecule has 5 atom stereocenters. The van der Waals surface area contributed by atoms with E-state index in [2.05, 4.69) is 112 Å². The van der Waals surface area contributed by atoms with Gasteiger partial charge in [-0.25, -0.2) is 9.13 Å². The lowest BCUT2D eigenvalue weighted by Crippen LogP contribution is -2.25. The van der Waals surface area contributed by atoms with E-state index in [1.165, 1.54) is 70.6 Å². The molecule has 5 unspecified atom stereocenters. The fourth-order valence-corrected chi connectivity index (χ4v) is 8.27. The second-order valence-corrected chi connectivity index (χ2v) is 20.8. The molecule has 0 aliphatic carbocycles. The van der Waals surface area contributed by atoms with Crippen molar-refractivity contribution in [2.45, 2.75) is 212 Å². The number of allylic oxidation sites excluding steroid dienone is 14. The average Bonchev–Trinajstić information content (AvgIpc) is 3.36. The number of esters is 2. The Morgan fingerprint density at radius 3 is 0.972 bits per heavy atom. The molecule has 0 aromatic rings. The van der Waals surface area contributed by atoms with Crippen molar-refractivity contribution in [2.24, 2.45) is 0 Å². The highest BCUT2D eigenvalue weighted by molar-refractivity contribution is 7.47. The van der Waals surface area contributed by atoms with E-state index in [9.17, 15) is 43.8 Å². The fourth-order valence-electron chi connectivity index (χ4n) is 6.68. The Balaban J connectivity index is 3.88. The number of hydrogen-bond acceptors (Lipinski definition) is 13. The molecule has 0 aliphatic rings. The van der Waals surface area contributed by atoms with Gasteiger partial charge in [0.25, 0.3) is 0 Å². The van der Waals surface area contributed by atoms with E-state index in [0.29, 0.717) is 12.8 Å². The van der Waals surface area contributed by atoms with Crippen molar-refractivity contribution in [3.63, 3.8) is 0 Å². The summed E-state index contributed by atoms with van der Waals surface area (Å²) in [7, 11) is -9.60. The molecule has 0 radical (unpaired) electrons. The zero-order valence-corrected chi connectivity index (χ0v) is 45.9. The van der Waals surface area contributed by atoms with Crippen LogP contribution >= 0.6 is 15.6 Å². The molecule has 17 heteroatoms. The van der Waals surface area contributed by atoms with Crippen LogP contribution in [0.15, 0.2) is 85.1 Å². The van der Waals surface area contributed by atoms with Gasteiger partial charge in [0, 0.05) is 12.8 Å². The minimum Gasteiger partial charge on any atom is -0.463 e. The largest absolute Gasteiger partial charge is 0.472 e. The van der Waals surface area contributed by atoms with Crippen LogP contribution in [0.5, 0.6) is 0 Å². The highest BCUT2D eigenvalue weighted by atomic mass is 31.2. The maximum Gasteiger partial charge on any atom is 0.472 e. The van der Waals surface area contributed by atoms with E-state index in [0.717, 1.165) is 83.5 Å². The molecule has 0 bridgehead atoms. The number of aliphatic hydroxyl groups is 3. The summed E-state index contributed by atoms with van der Waals surface area (Å²) in [6.07, 6.45) is 54.2. The number of carbonyl (C=O) groups is 2. The van der Waals surface area contributed by atoms with Crippen LogP contribution in [-0.2, 0) is 46.3 Å². The Morgan fingerprint density at radius 1 is 0.375 bits per heavy atom. The molecule has 0 heterocycles. The van der Waals surface area contributed by atoms with Gasteiger partial charge in [0.2, 0.25) is 0 Å². The Morgan fingerprint density at radius 2 is 0.639 bits per heavy atom. The molecule has 0 fully saturated rings. The maximum atomic E-state index is 12.2. The summed E-state index contributed by atoms with van der Waals surface area (Å²) >= 11 is 0. The molecule has 0 saturated carbocycles. The molecule has 0 aromatic heterocycles. The van der Waals surface area contributed by atoms with Gasteiger partial charge in [0.05, 0.1) is 26.4 Å². The number of unbranched alkanes of at least 4 members (excludes halogenated alkanes) is 17. The van der Waals surface area contributed by atoms with Crippen LogP contribution in [0.1, 0.15) is 194 Å². The number of phosphoric acid groups is 2. The molecule has 0 rings (SSSR count). The normalized spacial score (nSPS) is 15.5. The second kappa shape index (κ2) is 50.4. The highest BCUT2D eigenvalue weighted by Crippen LogP contribution is 2.45. The SMILES string of the molecule is CC/C=C\C/C=C\C/C=C\C/C=C\C/C=C\CCCCCC(=O)OCC(O)COP(=O)(O)OCC(O)COP(=O)(O)OCC(O)COC(=O)CCCCCCCCCCCCC/C=C\C/C=C\CCCCC. The van der Waals surface area contributed by atoms with Crippen molar-refractivity contribution in [1.82, 2.24) is 0 Å². The Kier molecular flexibility index (Phi) is 48.4. The maximum absolute atomic E-state index is 12.2. The molecule has 0 aromatic carbocycles. The average molecular weight is 1060 g/mol. The predicted molar refractivity (Wildman–Crippen MR) is 288 cm³/mol. The molecule has 72 heavy (non-hydrogen) atoms. The summed E-state index contributed by atoms with van der Waals surface area (Å²) in [5.41, 5.74) is 0. The minimum absolute atomic E-state index is 0.154. The molecule has 0 saturated heterocycles. The van der Waals surface area contributed by atoms with Crippen molar-refractivity contribution in [1.29, 1.82) is 0 Å². The summed E-state index contributed by atoms with van der Waals surface area (Å²) in [4.78, 5) is 43.9. The number of aliphatic hydroxyl groups excluding tert-OH is 3. The van der Waals surface area contributed by atoms with Gasteiger partial charge in [0.1, 0.15) is 31.5 Å². The zero-order chi connectivity index (χ0) is 53.1. The number of phosphoric ester groups is 2. The molecular weight excluding hydrogens is 963 g/mol. The number of hydrogen-bond donors (Lipinski definition) is 5. The highest BCUT2D eigenvalue weighted by Gasteiger charge is 2.28. The van der Waals surface area contributed by atoms with E-state index in [1.807, 2.05) is 0 Å². The van der Waals surface area contributed by atoms with Gasteiger partial charge < -0.3 is 34.6 Å². The summed E-state index contributed by atoms with van der Waals surface area (Å²) in [6, 6.07) is 0. The predicted octanol–water partition coefficient (Wildman–Crippen LogP) is 13.3. The Labute approximate surface area is 434 Å². The lowest BCUT2D eigenvalue weighted by molar-refractivity contribution is -0.148. The molecule has 416 valence electrons. The monoisotopic (exact) mass is 1060 g/mol. The summed E-state index contributed by atoms with van der Waals surface area (Å²) < 4.78 is 53.1. The molecule has 15 nitrogen and oxygen atoms in total. The first-order valence-electron chi connectivity index (χ1n) is 26.9. The molecule has 0 spiro atoms. The van der Waals surface area contributed by atoms with Gasteiger partial charge in [-0.15, -0.1) is 0 Å². The second-order valence-electron chi connectivity index (χ2n) is 17.9. The standard InChI is InChI=1S/C55H96O15P2/c1-3-5-7-9-11-13-15-17-19-21-23-24-26-28-30-32-34-36-38-40-42-44-55(60)66-46-52(57)48-68-72(63,64)70-50-53(58)49-69-71(61,62)67-47-51(56)45-65-54(59)43-41-39-37-35-33-31-29-27-25-22-20-18-16-14-12-10-8-6-4-2/h6,8,11-14,17-20,25,27,31,33,51-53,56-58H,3-5,7,9-10,15-16,21-24,26,28-30,32,34-50H2,1-2H3,(H,61,62)(H,63,64)/b8-6-,13-11-,14-12-,19-17-,20-18-,27-25-,33-31-. The number of ether oxygens (including phenoxy) is 2. The van der Waals surface area contributed by atoms with Crippen LogP contribution < -0.4 is 0 Å². The van der Waals surface area contributed by atoms with Gasteiger partial charge in [0.15, 0.2) is 0 Å². The molecule has 5 N–H and O–H groups in total. The van der Waals surface area contributed by atoms with Crippen molar-refractivity contribution < 1.29 is 71.4 Å². The van der Waals surface area contributed by atoms with E-state index in [4.69, 9.17) is 14.0 Å². The number of rotatable bonds is 51. The summed E-state index contributed by atoms with van der Waals surface area (Å²) in [6.45, 7) is 0.248. The van der Waals surface area contributed by atoms with Crippen LogP contribution in [0.3, 0.4) is 0 Å². The third-order valence-electron chi connectivity index (χ3n) is 10.8. The first kappa shape index (κ1) is 69.2. The van der Waals surface area contributed by atoms with Gasteiger partial charge in [-0.3, -0.25) is 27.7 Å². The minimum atomic E-state index is -4.80. The van der Waals surface area contributed by atoms with Crippen LogP contribution in [0, 0.1) is 0 Å². The molecule has 0 amide bonds. The Hall–Kier alpha value is -2.78. The van der Waals surface area contributed by atoms with Gasteiger partial charge in [-0.1, -0.05) is 176 Å². The van der Waals surface area contributed by atoms with E-state index >= 15 is 0 Å². The van der Waals surface area contributed by atoms with Crippen LogP contribution in [-0.4, -0.2) is 95.0 Å². The third-order valence-corrected chi connectivity index (χ3v) is 12.7. The van der Waals surface area contributed by atoms with Crippen molar-refractivity contribution in [2.75, 3.05) is 39.6 Å². The summed E-state index contributed by atoms with van der Waals surface area (Å²) in [5, 5.41) is 30.1. The first-order chi connectivity index (χ1) is 34.8. The third kappa shape index (κ3) is 52.1. The van der Waals surface area contributed by atoms with Crippen molar-refractivity contribution in [3.05, 3.63) is 85.1 Å². The fraction of sp³-hybridized carbons (Fsp3) is 0.709. The van der Waals surface area contributed by atoms with Crippen molar-refractivity contribution in [3.8, 4) is 0 Å². The van der Waals surface area contributed by atoms with E-state index < -0.39 is 85.5 Å². The van der Waals surface area contributed by atoms with Crippen LogP contribution in [0.25, 0.3) is 0 Å². The first-order valence-corrected chi connectivity index (χ1v) is 29.9. The van der Waals surface area contributed by atoms with Gasteiger partial charge in [-0.2, -0.15) is 0 Å². The zero-order valence-electron chi connectivity index (χ0n) is 44.1. The van der Waals surface area contributed by atoms with Gasteiger partial charge >= 0.3 is 27.6 Å². The van der Waals surface area contributed by atoms with Gasteiger partial charge in [-0.05, 0) is 89.9 Å². The van der Waals surface area contributed by atoms with Crippen molar-refractivity contribution >= 4 is 27.6 Å². The number of carbonyl (C=O) groups excluding carboxylic acids is 2. The lowest BCUT2D eigenvalue weighted by Gasteiger charge is -2.19. The topological polar surface area (TPSA) is 225 Å². The van der Waals surface area contributed by atoms with Crippen LogP contribution in [0.2, 0.25) is 0 Å². The van der Waals surface area contributed by atoms with E-state index in [1.54, 1.807) is 0 Å². The molecular formula is C55H96O15P2.